The highest BCUT2D eigenvalue weighted by atomic mass is 32.1. The molecule has 1 aliphatic rings. The number of hydrogen-bond acceptors (Lipinski definition) is 2. The predicted octanol–water partition coefficient (Wildman–Crippen LogP) is 4.01. The molecule has 0 aliphatic heterocycles. The minimum atomic E-state index is 0.476. The van der Waals surface area contributed by atoms with Gasteiger partial charge in [-0.05, 0) is 56.4 Å². The summed E-state index contributed by atoms with van der Waals surface area (Å²) in [6.45, 7) is 4.36. The molecule has 0 radical (unpaired) electrons. The molecule has 0 heterocycles. The molecule has 0 spiro atoms. The normalized spacial score (nSPS) is 18.0. The number of rotatable bonds is 4. The van der Waals surface area contributed by atoms with Crippen LogP contribution in [0.5, 0.6) is 0 Å². The number of hydrogen-bond donors (Lipinski definition) is 2. The van der Waals surface area contributed by atoms with E-state index in [2.05, 4.69) is 31.3 Å². The number of thiocarbonyl (C=S) groups is 1. The zero-order chi connectivity index (χ0) is 13.8. The molecule has 1 aromatic rings. The molecule has 0 aromatic heterocycles. The van der Waals surface area contributed by atoms with E-state index < -0.39 is 0 Å². The van der Waals surface area contributed by atoms with Gasteiger partial charge in [0.25, 0.3) is 0 Å². The van der Waals surface area contributed by atoms with E-state index in [0.29, 0.717) is 11.0 Å². The fraction of sp³-hybridized carbons (Fsp3) is 0.562. The summed E-state index contributed by atoms with van der Waals surface area (Å²) in [5.74, 6) is 0.810. The Labute approximate surface area is 121 Å². The molecule has 2 nitrogen and oxygen atoms in total. The van der Waals surface area contributed by atoms with Gasteiger partial charge in [-0.15, -0.1) is 0 Å². The van der Waals surface area contributed by atoms with Crippen molar-refractivity contribution in [2.45, 2.75) is 52.0 Å². The Morgan fingerprint density at radius 2 is 2.00 bits per heavy atom. The van der Waals surface area contributed by atoms with E-state index in [1.165, 1.54) is 37.8 Å². The van der Waals surface area contributed by atoms with E-state index >= 15 is 0 Å². The molecule has 0 bridgehead atoms. The molecule has 1 aromatic carbocycles. The van der Waals surface area contributed by atoms with Crippen molar-refractivity contribution >= 4 is 22.9 Å². The Bertz CT molecular complexity index is 450. The molecule has 19 heavy (non-hydrogen) atoms. The van der Waals surface area contributed by atoms with Crippen molar-refractivity contribution in [3.63, 3.8) is 0 Å². The lowest BCUT2D eigenvalue weighted by molar-refractivity contribution is 0.328. The quantitative estimate of drug-likeness (QED) is 0.816. The molecule has 1 fully saturated rings. The van der Waals surface area contributed by atoms with E-state index in [9.17, 15) is 0 Å². The van der Waals surface area contributed by atoms with Gasteiger partial charge in [-0.25, -0.2) is 0 Å². The number of benzene rings is 1. The van der Waals surface area contributed by atoms with E-state index in [0.717, 1.165) is 17.0 Å². The summed E-state index contributed by atoms with van der Waals surface area (Å²) in [5, 5.41) is 3.63. The maximum Gasteiger partial charge on any atom is 0.104 e. The second-order valence-electron chi connectivity index (χ2n) is 5.73. The first-order valence-corrected chi connectivity index (χ1v) is 7.65. The van der Waals surface area contributed by atoms with Crippen molar-refractivity contribution in [3.8, 4) is 0 Å². The molecule has 2 rings (SSSR count). The smallest absolute Gasteiger partial charge is 0.104 e. The summed E-state index contributed by atoms with van der Waals surface area (Å²) in [5.41, 5.74) is 8.99. The molecule has 3 heteroatoms. The van der Waals surface area contributed by atoms with Gasteiger partial charge in [0.1, 0.15) is 4.99 Å². The summed E-state index contributed by atoms with van der Waals surface area (Å²) >= 11 is 5.04. The first kappa shape index (κ1) is 14.3. The SMILES string of the molecule is Cc1cc(NC(C)C2CCCCC2)ccc1C(N)=S. The summed E-state index contributed by atoms with van der Waals surface area (Å²) in [7, 11) is 0. The molecule has 0 amide bonds. The Morgan fingerprint density at radius 1 is 1.32 bits per heavy atom. The number of anilines is 1. The number of nitrogens with one attached hydrogen (secondary N) is 1. The maximum atomic E-state index is 5.69. The summed E-state index contributed by atoms with van der Waals surface area (Å²) in [6.07, 6.45) is 6.90. The van der Waals surface area contributed by atoms with E-state index in [-0.39, 0.29) is 0 Å². The largest absolute Gasteiger partial charge is 0.389 e. The molecular formula is C16H24N2S. The topological polar surface area (TPSA) is 38.0 Å². The Hall–Kier alpha value is -1.09. The van der Waals surface area contributed by atoms with Crippen LogP contribution in [0.3, 0.4) is 0 Å². The van der Waals surface area contributed by atoms with Crippen LogP contribution in [0, 0.1) is 12.8 Å². The predicted molar refractivity (Wildman–Crippen MR) is 86.7 cm³/mol. The second kappa shape index (κ2) is 6.38. The summed E-state index contributed by atoms with van der Waals surface area (Å²) in [4.78, 5) is 0.476. The molecule has 1 unspecified atom stereocenters. The Morgan fingerprint density at radius 3 is 2.58 bits per heavy atom. The third kappa shape index (κ3) is 3.69. The van der Waals surface area contributed by atoms with Crippen LogP contribution in [-0.4, -0.2) is 11.0 Å². The van der Waals surface area contributed by atoms with E-state index in [4.69, 9.17) is 18.0 Å². The van der Waals surface area contributed by atoms with Crippen molar-refractivity contribution in [2.24, 2.45) is 11.7 Å². The lowest BCUT2D eigenvalue weighted by atomic mass is 9.84. The average Bonchev–Trinajstić information content (AvgIpc) is 2.39. The summed E-state index contributed by atoms with van der Waals surface area (Å²) in [6, 6.07) is 6.79. The van der Waals surface area contributed by atoms with Crippen LogP contribution in [0.15, 0.2) is 18.2 Å². The Kier molecular flexibility index (Phi) is 4.81. The van der Waals surface area contributed by atoms with Crippen molar-refractivity contribution in [3.05, 3.63) is 29.3 Å². The van der Waals surface area contributed by atoms with Gasteiger partial charge in [0.2, 0.25) is 0 Å². The molecule has 3 N–H and O–H groups in total. The van der Waals surface area contributed by atoms with Crippen LogP contribution in [0.4, 0.5) is 5.69 Å². The fourth-order valence-corrected chi connectivity index (χ4v) is 3.27. The Balaban J connectivity index is 2.02. The molecule has 104 valence electrons. The minimum Gasteiger partial charge on any atom is -0.389 e. The maximum absolute atomic E-state index is 5.69. The van der Waals surface area contributed by atoms with E-state index in [1.807, 2.05) is 6.07 Å². The van der Waals surface area contributed by atoms with Crippen LogP contribution < -0.4 is 11.1 Å². The zero-order valence-corrected chi connectivity index (χ0v) is 12.7. The van der Waals surface area contributed by atoms with Crippen LogP contribution >= 0.6 is 12.2 Å². The van der Waals surface area contributed by atoms with Gasteiger partial charge in [0, 0.05) is 17.3 Å². The number of aryl methyl sites for hydroxylation is 1. The van der Waals surface area contributed by atoms with Gasteiger partial charge >= 0.3 is 0 Å². The van der Waals surface area contributed by atoms with Crippen molar-refractivity contribution in [2.75, 3.05) is 5.32 Å². The van der Waals surface area contributed by atoms with Gasteiger partial charge in [-0.1, -0.05) is 31.5 Å². The van der Waals surface area contributed by atoms with Crippen molar-refractivity contribution < 1.29 is 0 Å². The lowest BCUT2D eigenvalue weighted by Crippen LogP contribution is -2.27. The molecule has 1 aliphatic carbocycles. The first-order chi connectivity index (χ1) is 9.08. The van der Waals surface area contributed by atoms with Crippen LogP contribution in [0.1, 0.15) is 50.2 Å². The standard InChI is InChI=1S/C16H24N2S/c1-11-10-14(8-9-15(11)16(17)19)18-12(2)13-6-4-3-5-7-13/h8-10,12-13,18H,3-7H2,1-2H3,(H2,17,19). The van der Waals surface area contributed by atoms with Gasteiger partial charge in [0.05, 0.1) is 0 Å². The van der Waals surface area contributed by atoms with Gasteiger partial charge in [0.15, 0.2) is 0 Å². The van der Waals surface area contributed by atoms with Gasteiger partial charge in [-0.2, -0.15) is 0 Å². The van der Waals surface area contributed by atoms with E-state index in [1.54, 1.807) is 0 Å². The first-order valence-electron chi connectivity index (χ1n) is 7.25. The minimum absolute atomic E-state index is 0.476. The second-order valence-corrected chi connectivity index (χ2v) is 6.16. The van der Waals surface area contributed by atoms with Crippen LogP contribution in [0.25, 0.3) is 0 Å². The third-order valence-electron chi connectivity index (χ3n) is 4.24. The van der Waals surface area contributed by atoms with Crippen molar-refractivity contribution in [1.29, 1.82) is 0 Å². The fourth-order valence-electron chi connectivity index (χ4n) is 3.04. The summed E-state index contributed by atoms with van der Waals surface area (Å²) < 4.78 is 0. The lowest BCUT2D eigenvalue weighted by Gasteiger charge is -2.29. The monoisotopic (exact) mass is 276 g/mol. The molecule has 1 atom stereocenters. The molecule has 1 saturated carbocycles. The third-order valence-corrected chi connectivity index (χ3v) is 4.46. The van der Waals surface area contributed by atoms with Crippen molar-refractivity contribution in [1.82, 2.24) is 0 Å². The highest BCUT2D eigenvalue weighted by Crippen LogP contribution is 2.28. The number of nitrogens with two attached hydrogens (primary N) is 1. The van der Waals surface area contributed by atoms with Crippen LogP contribution in [0.2, 0.25) is 0 Å². The molecule has 0 saturated heterocycles. The van der Waals surface area contributed by atoms with Crippen LogP contribution in [-0.2, 0) is 0 Å². The van der Waals surface area contributed by atoms with Gasteiger partial charge in [-0.3, -0.25) is 0 Å². The average molecular weight is 276 g/mol. The molecular weight excluding hydrogens is 252 g/mol. The zero-order valence-electron chi connectivity index (χ0n) is 11.9. The highest BCUT2D eigenvalue weighted by molar-refractivity contribution is 7.80. The highest BCUT2D eigenvalue weighted by Gasteiger charge is 2.19. The van der Waals surface area contributed by atoms with Gasteiger partial charge < -0.3 is 11.1 Å².